The summed E-state index contributed by atoms with van der Waals surface area (Å²) in [5.41, 5.74) is 1.89. The van der Waals surface area contributed by atoms with Gasteiger partial charge in [-0.3, -0.25) is 4.98 Å². The van der Waals surface area contributed by atoms with Gasteiger partial charge in [0.15, 0.2) is 9.84 Å². The maximum absolute atomic E-state index is 11.9. The molecule has 1 aromatic carbocycles. The van der Waals surface area contributed by atoms with Crippen molar-refractivity contribution in [3.63, 3.8) is 0 Å². The summed E-state index contributed by atoms with van der Waals surface area (Å²) in [7, 11) is -3.05. The molecule has 0 spiro atoms. The van der Waals surface area contributed by atoms with Crippen LogP contribution in [0.2, 0.25) is 5.02 Å². The summed E-state index contributed by atoms with van der Waals surface area (Å²) >= 11 is 6.07. The molecular weight excluding hydrogens is 322 g/mol. The Morgan fingerprint density at radius 3 is 2.91 bits per heavy atom. The number of hydrogen-bond acceptors (Lipinski definition) is 5. The van der Waals surface area contributed by atoms with Crippen LogP contribution in [0.4, 0.5) is 5.69 Å². The third-order valence-corrected chi connectivity index (χ3v) is 6.34. The Bertz CT molecular complexity index is 890. The third-order valence-electron chi connectivity index (χ3n) is 3.97. The van der Waals surface area contributed by atoms with Crippen molar-refractivity contribution < 1.29 is 8.42 Å². The Kier molecular flexibility index (Phi) is 3.71. The molecule has 1 aliphatic rings. The average molecular weight is 336 g/mol. The van der Waals surface area contributed by atoms with Crippen molar-refractivity contribution in [2.24, 2.45) is 0 Å². The van der Waals surface area contributed by atoms with E-state index in [4.69, 9.17) is 11.6 Å². The first kappa shape index (κ1) is 15.1. The fraction of sp³-hybridized carbons (Fsp3) is 0.333. The van der Waals surface area contributed by atoms with E-state index in [-0.39, 0.29) is 5.75 Å². The minimum atomic E-state index is -3.05. The summed E-state index contributed by atoms with van der Waals surface area (Å²) in [4.78, 5) is 6.22. The number of hydrogen-bond donors (Lipinski definition) is 0. The van der Waals surface area contributed by atoms with Gasteiger partial charge in [0.1, 0.15) is 6.07 Å². The fourth-order valence-corrected chi connectivity index (χ4v) is 4.19. The van der Waals surface area contributed by atoms with Crippen LogP contribution in [-0.4, -0.2) is 37.5 Å². The first-order chi connectivity index (χ1) is 10.4. The fourth-order valence-electron chi connectivity index (χ4n) is 2.73. The molecule has 7 heteroatoms. The number of sulfone groups is 1. The lowest BCUT2D eigenvalue weighted by Crippen LogP contribution is -2.45. The van der Waals surface area contributed by atoms with Gasteiger partial charge >= 0.3 is 0 Å². The van der Waals surface area contributed by atoms with Crippen molar-refractivity contribution in [3.8, 4) is 6.07 Å². The van der Waals surface area contributed by atoms with E-state index in [0.29, 0.717) is 23.7 Å². The van der Waals surface area contributed by atoms with E-state index < -0.39 is 15.1 Å². The van der Waals surface area contributed by atoms with E-state index >= 15 is 0 Å². The average Bonchev–Trinajstić information content (AvgIpc) is 2.49. The topological polar surface area (TPSA) is 74.1 Å². The largest absolute Gasteiger partial charge is 0.368 e. The lowest BCUT2D eigenvalue weighted by molar-refractivity contribution is 0.569. The predicted octanol–water partition coefficient (Wildman–Crippen LogP) is 2.38. The monoisotopic (exact) mass is 335 g/mol. The van der Waals surface area contributed by atoms with Crippen molar-refractivity contribution in [1.29, 1.82) is 5.26 Å². The second-order valence-electron chi connectivity index (χ2n) is 5.42. The molecular formula is C15H14ClN3O2S. The van der Waals surface area contributed by atoms with Crippen LogP contribution in [0.3, 0.4) is 0 Å². The van der Waals surface area contributed by atoms with Crippen LogP contribution < -0.4 is 4.90 Å². The second kappa shape index (κ2) is 5.41. The minimum Gasteiger partial charge on any atom is -0.368 e. The van der Waals surface area contributed by atoms with E-state index in [2.05, 4.69) is 11.1 Å². The third kappa shape index (κ3) is 2.51. The van der Waals surface area contributed by atoms with Gasteiger partial charge in [0.2, 0.25) is 0 Å². The van der Waals surface area contributed by atoms with Gasteiger partial charge in [0.25, 0.3) is 0 Å². The SMILES string of the molecule is C[C@H]1CN(c2c(C#N)cnc3ccc(Cl)cc23)CCS1(=O)=O. The minimum absolute atomic E-state index is 0.0867. The summed E-state index contributed by atoms with van der Waals surface area (Å²) in [5.74, 6) is 0.0867. The molecule has 2 heterocycles. The molecule has 0 N–H and O–H groups in total. The molecule has 3 rings (SSSR count). The van der Waals surface area contributed by atoms with Crippen LogP contribution >= 0.6 is 11.6 Å². The highest BCUT2D eigenvalue weighted by Crippen LogP contribution is 2.33. The molecule has 0 unspecified atom stereocenters. The Morgan fingerprint density at radius 2 is 2.23 bits per heavy atom. The van der Waals surface area contributed by atoms with E-state index in [9.17, 15) is 13.7 Å². The molecule has 5 nitrogen and oxygen atoms in total. The van der Waals surface area contributed by atoms with E-state index in [0.717, 1.165) is 16.6 Å². The van der Waals surface area contributed by atoms with Crippen molar-refractivity contribution in [2.75, 3.05) is 23.7 Å². The summed E-state index contributed by atoms with van der Waals surface area (Å²) < 4.78 is 23.8. The molecule has 2 aromatic rings. The smallest absolute Gasteiger partial charge is 0.156 e. The number of benzene rings is 1. The Balaban J connectivity index is 2.17. The summed E-state index contributed by atoms with van der Waals surface area (Å²) in [6, 6.07) is 7.46. The quantitative estimate of drug-likeness (QED) is 0.800. The highest BCUT2D eigenvalue weighted by atomic mass is 35.5. The number of rotatable bonds is 1. The van der Waals surface area contributed by atoms with Crippen molar-refractivity contribution in [3.05, 3.63) is 35.0 Å². The zero-order valence-electron chi connectivity index (χ0n) is 12.0. The van der Waals surface area contributed by atoms with E-state index in [1.54, 1.807) is 25.1 Å². The highest BCUT2D eigenvalue weighted by Gasteiger charge is 2.31. The van der Waals surface area contributed by atoms with Gasteiger partial charge in [-0.25, -0.2) is 8.42 Å². The number of aromatic nitrogens is 1. The molecule has 1 saturated heterocycles. The molecule has 1 aromatic heterocycles. The molecule has 1 atom stereocenters. The van der Waals surface area contributed by atoms with Crippen LogP contribution in [0.25, 0.3) is 10.9 Å². The van der Waals surface area contributed by atoms with Gasteiger partial charge < -0.3 is 4.90 Å². The van der Waals surface area contributed by atoms with Crippen LogP contribution in [-0.2, 0) is 9.84 Å². The normalized spacial score (nSPS) is 20.8. The highest BCUT2D eigenvalue weighted by molar-refractivity contribution is 7.92. The van der Waals surface area contributed by atoms with Crippen LogP contribution in [0.1, 0.15) is 12.5 Å². The predicted molar refractivity (Wildman–Crippen MR) is 86.9 cm³/mol. The molecule has 0 radical (unpaired) electrons. The van der Waals surface area contributed by atoms with Gasteiger partial charge in [0, 0.05) is 29.7 Å². The van der Waals surface area contributed by atoms with Gasteiger partial charge in [-0.15, -0.1) is 0 Å². The zero-order valence-corrected chi connectivity index (χ0v) is 13.5. The van der Waals surface area contributed by atoms with Gasteiger partial charge in [0.05, 0.1) is 27.8 Å². The molecule has 114 valence electrons. The number of pyridine rings is 1. The number of nitriles is 1. The maximum Gasteiger partial charge on any atom is 0.156 e. The van der Waals surface area contributed by atoms with Crippen LogP contribution in [0.15, 0.2) is 24.4 Å². The van der Waals surface area contributed by atoms with Crippen LogP contribution in [0.5, 0.6) is 0 Å². The standard InChI is InChI=1S/C15H14ClN3O2S/c1-10-9-19(4-5-22(10,20)21)15-11(7-17)8-18-14-3-2-12(16)6-13(14)15/h2-3,6,8,10H,4-5,9H2,1H3/t10-/m0/s1. The lowest BCUT2D eigenvalue weighted by Gasteiger charge is -2.33. The number of anilines is 1. The van der Waals surface area contributed by atoms with Crippen molar-refractivity contribution >= 4 is 38.0 Å². The number of fused-ring (bicyclic) bond motifs is 1. The number of nitrogens with zero attached hydrogens (tertiary/aromatic N) is 3. The Morgan fingerprint density at radius 1 is 1.45 bits per heavy atom. The first-order valence-corrected chi connectivity index (χ1v) is 8.96. The summed E-state index contributed by atoms with van der Waals surface area (Å²) in [5, 5.41) is 10.3. The summed E-state index contributed by atoms with van der Waals surface area (Å²) in [6.07, 6.45) is 1.53. The lowest BCUT2D eigenvalue weighted by atomic mass is 10.1. The Labute approximate surface area is 134 Å². The first-order valence-electron chi connectivity index (χ1n) is 6.87. The molecule has 0 aliphatic carbocycles. The maximum atomic E-state index is 11.9. The molecule has 0 saturated carbocycles. The van der Waals surface area contributed by atoms with Gasteiger partial charge in [-0.2, -0.15) is 5.26 Å². The molecule has 1 aliphatic heterocycles. The molecule has 0 amide bonds. The molecule has 22 heavy (non-hydrogen) atoms. The van der Waals surface area contributed by atoms with Crippen LogP contribution in [0, 0.1) is 11.3 Å². The summed E-state index contributed by atoms with van der Waals surface area (Å²) in [6.45, 7) is 2.43. The van der Waals surface area contributed by atoms with E-state index in [1.807, 2.05) is 4.90 Å². The van der Waals surface area contributed by atoms with Crippen molar-refractivity contribution in [1.82, 2.24) is 4.98 Å². The van der Waals surface area contributed by atoms with Gasteiger partial charge in [-0.05, 0) is 25.1 Å². The zero-order chi connectivity index (χ0) is 15.9. The van der Waals surface area contributed by atoms with Crippen molar-refractivity contribution in [2.45, 2.75) is 12.2 Å². The second-order valence-corrected chi connectivity index (χ2v) is 8.39. The van der Waals surface area contributed by atoms with E-state index in [1.165, 1.54) is 6.20 Å². The van der Waals surface area contributed by atoms with Gasteiger partial charge in [-0.1, -0.05) is 11.6 Å². The Hall–Kier alpha value is -1.84. The number of halogens is 1. The molecule has 0 bridgehead atoms. The molecule has 1 fully saturated rings.